The van der Waals surface area contributed by atoms with E-state index >= 15 is 0 Å². The minimum Gasteiger partial charge on any atom is -0.322 e. The predicted molar refractivity (Wildman–Crippen MR) is 113 cm³/mol. The third-order valence-electron chi connectivity index (χ3n) is 4.67. The van der Waals surface area contributed by atoms with Crippen LogP contribution in [0, 0.1) is 17.0 Å². The van der Waals surface area contributed by atoms with Gasteiger partial charge in [0, 0.05) is 23.4 Å². The summed E-state index contributed by atoms with van der Waals surface area (Å²) in [5, 5.41) is 13.9. The Kier molecular flexibility index (Phi) is 4.81. The van der Waals surface area contributed by atoms with Crippen LogP contribution in [0.3, 0.4) is 0 Å². The Morgan fingerprint density at radius 2 is 1.67 bits per heavy atom. The van der Waals surface area contributed by atoms with Gasteiger partial charge in [-0.1, -0.05) is 12.1 Å². The normalized spacial score (nSPS) is 10.7. The molecule has 148 valence electrons. The van der Waals surface area contributed by atoms with E-state index in [1.165, 1.54) is 28.8 Å². The minimum atomic E-state index is -0.504. The number of nitro benzene ring substituents is 1. The first-order valence-corrected chi connectivity index (χ1v) is 9.09. The Morgan fingerprint density at radius 1 is 1.00 bits per heavy atom. The number of hydrogen-bond acceptors (Lipinski definition) is 5. The average molecular weight is 400 g/mol. The molecule has 0 aliphatic carbocycles. The largest absolute Gasteiger partial charge is 0.322 e. The van der Waals surface area contributed by atoms with E-state index in [1.54, 1.807) is 49.4 Å². The average Bonchev–Trinajstić information content (AvgIpc) is 2.74. The van der Waals surface area contributed by atoms with E-state index in [4.69, 9.17) is 0 Å². The number of non-ortho nitro benzene ring substituents is 1. The number of para-hydroxylation sites is 1. The van der Waals surface area contributed by atoms with E-state index in [1.807, 2.05) is 6.07 Å². The molecule has 0 bridgehead atoms. The second-order valence-corrected chi connectivity index (χ2v) is 6.62. The van der Waals surface area contributed by atoms with Crippen molar-refractivity contribution < 1.29 is 9.72 Å². The van der Waals surface area contributed by atoms with Gasteiger partial charge in [-0.2, -0.15) is 0 Å². The molecule has 8 nitrogen and oxygen atoms in total. The van der Waals surface area contributed by atoms with Gasteiger partial charge in [0.2, 0.25) is 0 Å². The van der Waals surface area contributed by atoms with Gasteiger partial charge in [-0.05, 0) is 55.5 Å². The second-order valence-electron chi connectivity index (χ2n) is 6.62. The summed E-state index contributed by atoms with van der Waals surface area (Å²) >= 11 is 0. The molecular weight excluding hydrogens is 384 g/mol. The van der Waals surface area contributed by atoms with Crippen molar-refractivity contribution in [3.8, 4) is 5.69 Å². The highest BCUT2D eigenvalue weighted by Gasteiger charge is 2.12. The first kappa shape index (κ1) is 19.0. The lowest BCUT2D eigenvalue weighted by Crippen LogP contribution is -2.22. The number of amides is 1. The number of nitrogens with zero attached hydrogens (tertiary/aromatic N) is 3. The lowest BCUT2D eigenvalue weighted by atomic mass is 10.1. The van der Waals surface area contributed by atoms with Crippen molar-refractivity contribution in [2.45, 2.75) is 6.92 Å². The fourth-order valence-electron chi connectivity index (χ4n) is 3.18. The number of anilines is 1. The topological polar surface area (TPSA) is 107 Å². The van der Waals surface area contributed by atoms with Gasteiger partial charge < -0.3 is 5.32 Å². The van der Waals surface area contributed by atoms with Crippen LogP contribution in [0.5, 0.6) is 0 Å². The molecule has 0 aliphatic heterocycles. The van der Waals surface area contributed by atoms with E-state index in [0.29, 0.717) is 33.7 Å². The maximum atomic E-state index is 12.9. The molecule has 1 amide bonds. The van der Waals surface area contributed by atoms with Crippen LogP contribution in [-0.2, 0) is 0 Å². The predicted octanol–water partition coefficient (Wildman–Crippen LogP) is 3.85. The van der Waals surface area contributed by atoms with Gasteiger partial charge in [0.15, 0.2) is 0 Å². The lowest BCUT2D eigenvalue weighted by molar-refractivity contribution is -0.384. The molecule has 1 aromatic heterocycles. The van der Waals surface area contributed by atoms with Crippen LogP contribution in [0.2, 0.25) is 0 Å². The fourth-order valence-corrected chi connectivity index (χ4v) is 3.18. The van der Waals surface area contributed by atoms with E-state index in [-0.39, 0.29) is 17.2 Å². The monoisotopic (exact) mass is 400 g/mol. The van der Waals surface area contributed by atoms with Crippen LogP contribution in [-0.4, -0.2) is 20.4 Å². The molecule has 1 N–H and O–H groups in total. The molecule has 4 rings (SSSR count). The maximum absolute atomic E-state index is 12.9. The third kappa shape index (κ3) is 3.53. The van der Waals surface area contributed by atoms with Gasteiger partial charge in [0.05, 0.1) is 21.5 Å². The zero-order valence-corrected chi connectivity index (χ0v) is 15.9. The van der Waals surface area contributed by atoms with Gasteiger partial charge in [-0.15, -0.1) is 0 Å². The zero-order valence-electron chi connectivity index (χ0n) is 15.9. The van der Waals surface area contributed by atoms with Gasteiger partial charge in [-0.3, -0.25) is 24.3 Å². The number of nitrogens with one attached hydrogen (secondary N) is 1. The molecule has 0 spiro atoms. The SMILES string of the molecule is Cc1nc2ccccc2c(=O)n1-c1ccc(C(=O)Nc2ccc([N+](=O)[O-])cc2)cc1. The standard InChI is InChI=1S/C22H16N4O4/c1-14-23-20-5-3-2-4-19(20)22(28)25(14)17-10-6-15(7-11-17)21(27)24-16-8-12-18(13-9-16)26(29)30/h2-13H,1H3,(H,24,27). The van der Waals surface area contributed by atoms with Crippen molar-refractivity contribution in [3.63, 3.8) is 0 Å². The van der Waals surface area contributed by atoms with Crippen molar-refractivity contribution in [1.82, 2.24) is 9.55 Å². The highest BCUT2D eigenvalue weighted by molar-refractivity contribution is 6.04. The first-order chi connectivity index (χ1) is 14.4. The Morgan fingerprint density at radius 3 is 2.33 bits per heavy atom. The molecule has 4 aromatic rings. The van der Waals surface area contributed by atoms with E-state index < -0.39 is 4.92 Å². The summed E-state index contributed by atoms with van der Waals surface area (Å²) < 4.78 is 1.50. The summed E-state index contributed by atoms with van der Waals surface area (Å²) in [4.78, 5) is 40.0. The molecule has 0 saturated carbocycles. The number of benzene rings is 3. The third-order valence-corrected chi connectivity index (χ3v) is 4.67. The van der Waals surface area contributed by atoms with Crippen molar-refractivity contribution >= 4 is 28.2 Å². The van der Waals surface area contributed by atoms with E-state index in [2.05, 4.69) is 10.3 Å². The Labute approximate surface area is 170 Å². The molecule has 0 unspecified atom stereocenters. The number of fused-ring (bicyclic) bond motifs is 1. The Hall–Kier alpha value is -4.33. The first-order valence-electron chi connectivity index (χ1n) is 9.09. The molecule has 3 aromatic carbocycles. The summed E-state index contributed by atoms with van der Waals surface area (Å²) in [5.74, 6) is 0.179. The number of carbonyl (C=O) groups excluding carboxylic acids is 1. The molecule has 0 saturated heterocycles. The zero-order chi connectivity index (χ0) is 21.3. The number of carbonyl (C=O) groups is 1. The van der Waals surface area contributed by atoms with E-state index in [0.717, 1.165) is 0 Å². The van der Waals surface area contributed by atoms with Crippen molar-refractivity contribution in [2.24, 2.45) is 0 Å². The summed E-state index contributed by atoms with van der Waals surface area (Å²) in [6.45, 7) is 1.75. The lowest BCUT2D eigenvalue weighted by Gasteiger charge is -2.11. The molecule has 0 atom stereocenters. The quantitative estimate of drug-likeness (QED) is 0.413. The van der Waals surface area contributed by atoms with Crippen LogP contribution in [0.15, 0.2) is 77.6 Å². The smallest absolute Gasteiger partial charge is 0.269 e. The highest BCUT2D eigenvalue weighted by Crippen LogP contribution is 2.17. The van der Waals surface area contributed by atoms with Gasteiger partial charge in [0.25, 0.3) is 17.2 Å². The second kappa shape index (κ2) is 7.59. The van der Waals surface area contributed by atoms with E-state index in [9.17, 15) is 19.7 Å². The fraction of sp³-hybridized carbons (Fsp3) is 0.0455. The number of hydrogen-bond donors (Lipinski definition) is 1. The number of rotatable bonds is 4. The Balaban J connectivity index is 1.60. The molecule has 0 aliphatic rings. The van der Waals surface area contributed by atoms with Gasteiger partial charge in [0.1, 0.15) is 5.82 Å². The summed E-state index contributed by atoms with van der Waals surface area (Å²) in [6.07, 6.45) is 0. The molecule has 0 fully saturated rings. The van der Waals surface area contributed by atoms with Crippen LogP contribution >= 0.6 is 0 Å². The molecule has 8 heteroatoms. The van der Waals surface area contributed by atoms with Crippen LogP contribution in [0.4, 0.5) is 11.4 Å². The number of aryl methyl sites for hydroxylation is 1. The highest BCUT2D eigenvalue weighted by atomic mass is 16.6. The van der Waals surface area contributed by atoms with Crippen molar-refractivity contribution in [2.75, 3.05) is 5.32 Å². The molecule has 30 heavy (non-hydrogen) atoms. The number of aromatic nitrogens is 2. The van der Waals surface area contributed by atoms with Crippen molar-refractivity contribution in [1.29, 1.82) is 0 Å². The van der Waals surface area contributed by atoms with Crippen LogP contribution in [0.25, 0.3) is 16.6 Å². The van der Waals surface area contributed by atoms with Gasteiger partial charge >= 0.3 is 0 Å². The summed E-state index contributed by atoms with van der Waals surface area (Å²) in [5.41, 5.74) is 1.83. The van der Waals surface area contributed by atoms with Gasteiger partial charge in [-0.25, -0.2) is 4.98 Å². The minimum absolute atomic E-state index is 0.0536. The van der Waals surface area contributed by atoms with Crippen LogP contribution < -0.4 is 10.9 Å². The number of nitro groups is 1. The van der Waals surface area contributed by atoms with Crippen LogP contribution in [0.1, 0.15) is 16.2 Å². The molecular formula is C22H16N4O4. The molecule has 1 heterocycles. The maximum Gasteiger partial charge on any atom is 0.269 e. The summed E-state index contributed by atoms with van der Waals surface area (Å²) in [7, 11) is 0. The summed E-state index contributed by atoms with van der Waals surface area (Å²) in [6, 6.07) is 19.3. The molecule has 0 radical (unpaired) electrons. The van der Waals surface area contributed by atoms with Crippen molar-refractivity contribution in [3.05, 3.63) is 105 Å². The Bertz CT molecular complexity index is 1330.